The van der Waals surface area contributed by atoms with Crippen LogP contribution in [0.25, 0.3) is 0 Å². The van der Waals surface area contributed by atoms with Crippen LogP contribution >= 0.6 is 23.2 Å². The first kappa shape index (κ1) is 36.4. The number of nitrogens with one attached hydrogen (secondary N) is 1. The quantitative estimate of drug-likeness (QED) is 0.151. The molecule has 0 saturated heterocycles. The molecule has 1 saturated carbocycles. The minimum atomic E-state index is -4.21. The monoisotopic (exact) mass is 719 g/mol. The van der Waals surface area contributed by atoms with E-state index in [0.29, 0.717) is 21.3 Å². The number of amides is 2. The van der Waals surface area contributed by atoms with E-state index in [1.54, 1.807) is 54.6 Å². The third-order valence-electron chi connectivity index (χ3n) is 9.10. The summed E-state index contributed by atoms with van der Waals surface area (Å²) < 4.78 is 29.8. The molecule has 0 aromatic heterocycles. The average molecular weight is 721 g/mol. The van der Waals surface area contributed by atoms with Gasteiger partial charge in [-0.1, -0.05) is 116 Å². The molecular formula is C39H43Cl2N3O4S. The summed E-state index contributed by atoms with van der Waals surface area (Å²) in [5, 5.41) is 3.86. The Morgan fingerprint density at radius 1 is 0.837 bits per heavy atom. The zero-order valence-electron chi connectivity index (χ0n) is 28.1. The van der Waals surface area contributed by atoms with Crippen LogP contribution in [-0.4, -0.2) is 43.8 Å². The SMILES string of the molecule is Cc1ccc(S(=O)(=O)N(CC(=O)N(Cc2c(Cl)cccc2Cl)[C@H](Cc2ccccc2)C(=O)NC2CCCC2)c2ccc(C(C)C)cc2)cc1. The molecule has 0 spiro atoms. The van der Waals surface area contributed by atoms with Gasteiger partial charge in [-0.25, -0.2) is 8.42 Å². The lowest BCUT2D eigenvalue weighted by Gasteiger charge is -2.34. The third-order valence-corrected chi connectivity index (χ3v) is 11.6. The second-order valence-electron chi connectivity index (χ2n) is 13.0. The molecular weight excluding hydrogens is 677 g/mol. The molecule has 0 aliphatic heterocycles. The molecule has 0 radical (unpaired) electrons. The molecule has 1 fully saturated rings. The van der Waals surface area contributed by atoms with Gasteiger partial charge < -0.3 is 10.2 Å². The molecule has 0 bridgehead atoms. The first-order valence-electron chi connectivity index (χ1n) is 16.7. The predicted molar refractivity (Wildman–Crippen MR) is 198 cm³/mol. The number of carbonyl (C=O) groups excluding carboxylic acids is 2. The Labute approximate surface area is 300 Å². The van der Waals surface area contributed by atoms with Crippen molar-refractivity contribution < 1.29 is 18.0 Å². The minimum absolute atomic E-state index is 0.00418. The summed E-state index contributed by atoms with van der Waals surface area (Å²) in [7, 11) is -4.21. The van der Waals surface area contributed by atoms with Crippen LogP contribution in [0, 0.1) is 6.92 Å². The van der Waals surface area contributed by atoms with Crippen LogP contribution < -0.4 is 9.62 Å². The van der Waals surface area contributed by atoms with Gasteiger partial charge >= 0.3 is 0 Å². The summed E-state index contributed by atoms with van der Waals surface area (Å²) in [4.78, 5) is 30.5. The van der Waals surface area contributed by atoms with Crippen molar-refractivity contribution in [2.24, 2.45) is 0 Å². The smallest absolute Gasteiger partial charge is 0.264 e. The second-order valence-corrected chi connectivity index (χ2v) is 15.7. The third kappa shape index (κ3) is 9.04. The largest absolute Gasteiger partial charge is 0.352 e. The molecule has 1 aliphatic carbocycles. The highest BCUT2D eigenvalue weighted by atomic mass is 35.5. The molecule has 2 amide bonds. The lowest BCUT2D eigenvalue weighted by atomic mass is 10.0. The summed E-state index contributed by atoms with van der Waals surface area (Å²) >= 11 is 13.3. The number of nitrogens with zero attached hydrogens (tertiary/aromatic N) is 2. The van der Waals surface area contributed by atoms with E-state index in [0.717, 1.165) is 46.7 Å². The highest BCUT2D eigenvalue weighted by Gasteiger charge is 2.36. The Kier molecular flexibility index (Phi) is 12.1. The van der Waals surface area contributed by atoms with Gasteiger partial charge in [-0.15, -0.1) is 0 Å². The maximum Gasteiger partial charge on any atom is 0.264 e. The highest BCUT2D eigenvalue weighted by Crippen LogP contribution is 2.30. The second kappa shape index (κ2) is 16.2. The fraction of sp³-hybridized carbons (Fsp3) is 0.333. The van der Waals surface area contributed by atoms with Crippen LogP contribution in [0.1, 0.15) is 67.7 Å². The molecule has 1 aliphatic rings. The molecule has 0 heterocycles. The van der Waals surface area contributed by atoms with Crippen molar-refractivity contribution >= 4 is 50.7 Å². The van der Waals surface area contributed by atoms with Crippen molar-refractivity contribution in [2.75, 3.05) is 10.8 Å². The van der Waals surface area contributed by atoms with Crippen LogP contribution in [0.5, 0.6) is 0 Å². The molecule has 258 valence electrons. The predicted octanol–water partition coefficient (Wildman–Crippen LogP) is 8.32. The van der Waals surface area contributed by atoms with Gasteiger partial charge in [-0.05, 0) is 73.2 Å². The van der Waals surface area contributed by atoms with Gasteiger partial charge in [0.25, 0.3) is 10.0 Å². The Morgan fingerprint density at radius 2 is 1.45 bits per heavy atom. The Morgan fingerprint density at radius 3 is 2.04 bits per heavy atom. The zero-order valence-corrected chi connectivity index (χ0v) is 30.4. The van der Waals surface area contributed by atoms with Crippen molar-refractivity contribution in [3.05, 3.63) is 129 Å². The van der Waals surface area contributed by atoms with Crippen LogP contribution in [0.2, 0.25) is 10.0 Å². The number of anilines is 1. The van der Waals surface area contributed by atoms with E-state index < -0.39 is 28.5 Å². The highest BCUT2D eigenvalue weighted by molar-refractivity contribution is 7.92. The van der Waals surface area contributed by atoms with Crippen molar-refractivity contribution in [3.8, 4) is 0 Å². The number of hydrogen-bond donors (Lipinski definition) is 1. The van der Waals surface area contributed by atoms with E-state index in [4.69, 9.17) is 23.2 Å². The number of benzene rings is 4. The maximum absolute atomic E-state index is 14.8. The van der Waals surface area contributed by atoms with Crippen LogP contribution in [0.15, 0.2) is 102 Å². The number of sulfonamides is 1. The summed E-state index contributed by atoms with van der Waals surface area (Å²) in [5.41, 5.74) is 3.60. The van der Waals surface area contributed by atoms with E-state index in [1.165, 1.54) is 4.90 Å². The normalized spacial score (nSPS) is 14.1. The fourth-order valence-electron chi connectivity index (χ4n) is 6.17. The maximum atomic E-state index is 14.8. The van der Waals surface area contributed by atoms with E-state index in [9.17, 15) is 18.0 Å². The first-order valence-corrected chi connectivity index (χ1v) is 18.9. The molecule has 49 heavy (non-hydrogen) atoms. The van der Waals surface area contributed by atoms with Gasteiger partial charge in [0.05, 0.1) is 10.6 Å². The summed E-state index contributed by atoms with van der Waals surface area (Å²) in [6, 6.07) is 27.3. The lowest BCUT2D eigenvalue weighted by molar-refractivity contribution is -0.140. The molecule has 1 atom stereocenters. The molecule has 5 rings (SSSR count). The number of hydrogen-bond acceptors (Lipinski definition) is 4. The minimum Gasteiger partial charge on any atom is -0.352 e. The molecule has 0 unspecified atom stereocenters. The molecule has 1 N–H and O–H groups in total. The van der Waals surface area contributed by atoms with Gasteiger partial charge in [0.1, 0.15) is 12.6 Å². The average Bonchev–Trinajstić information content (AvgIpc) is 3.60. The van der Waals surface area contributed by atoms with Gasteiger partial charge in [0.2, 0.25) is 11.8 Å². The van der Waals surface area contributed by atoms with E-state index in [-0.39, 0.29) is 35.7 Å². The Bertz CT molecular complexity index is 1820. The summed E-state index contributed by atoms with van der Waals surface area (Å²) in [6.07, 6.45) is 3.98. The van der Waals surface area contributed by atoms with E-state index in [2.05, 4.69) is 19.2 Å². The molecule has 7 nitrogen and oxygen atoms in total. The standard InChI is InChI=1S/C39H43Cl2N3O4S/c1-27(2)30-18-20-32(21-19-30)44(49(47,48)33-22-16-28(3)17-23-33)26-38(45)43(25-34-35(40)14-9-15-36(34)41)37(24-29-10-5-4-6-11-29)39(46)42-31-12-7-8-13-31/h4-6,9-11,14-23,27,31,37H,7-8,12-13,24-26H2,1-3H3,(H,42,46)/t37-/m1/s1. The Balaban J connectivity index is 1.60. The first-order chi connectivity index (χ1) is 23.4. The summed E-state index contributed by atoms with van der Waals surface area (Å²) in [5.74, 6) is -0.644. The van der Waals surface area contributed by atoms with Crippen molar-refractivity contribution in [3.63, 3.8) is 0 Å². The van der Waals surface area contributed by atoms with Gasteiger partial charge in [-0.2, -0.15) is 0 Å². The van der Waals surface area contributed by atoms with Crippen LogP contribution in [0.3, 0.4) is 0 Å². The van der Waals surface area contributed by atoms with E-state index >= 15 is 0 Å². The topological polar surface area (TPSA) is 86.8 Å². The van der Waals surface area contributed by atoms with E-state index in [1.807, 2.05) is 49.4 Å². The molecule has 4 aromatic rings. The van der Waals surface area contributed by atoms with Gasteiger partial charge in [-0.3, -0.25) is 13.9 Å². The lowest BCUT2D eigenvalue weighted by Crippen LogP contribution is -2.54. The van der Waals surface area contributed by atoms with Crippen LogP contribution in [-0.2, 0) is 32.6 Å². The van der Waals surface area contributed by atoms with Gasteiger partial charge in [0.15, 0.2) is 0 Å². The zero-order chi connectivity index (χ0) is 35.1. The number of aryl methyl sites for hydroxylation is 1. The van der Waals surface area contributed by atoms with Gasteiger partial charge in [0, 0.05) is 34.6 Å². The van der Waals surface area contributed by atoms with Crippen molar-refractivity contribution in [2.45, 2.75) is 82.3 Å². The summed E-state index contributed by atoms with van der Waals surface area (Å²) in [6.45, 7) is 5.34. The number of carbonyl (C=O) groups is 2. The fourth-order valence-corrected chi connectivity index (χ4v) is 8.10. The van der Waals surface area contributed by atoms with Crippen molar-refractivity contribution in [1.82, 2.24) is 10.2 Å². The number of rotatable bonds is 13. The van der Waals surface area contributed by atoms with Crippen molar-refractivity contribution in [1.29, 1.82) is 0 Å². The Hall–Kier alpha value is -3.85. The molecule has 4 aromatic carbocycles. The number of halogens is 2. The molecule has 10 heteroatoms. The van der Waals surface area contributed by atoms with Crippen LogP contribution in [0.4, 0.5) is 5.69 Å².